The fourth-order valence-electron chi connectivity index (χ4n) is 2.14. The van der Waals surface area contributed by atoms with Crippen LogP contribution in [0.15, 0.2) is 22.7 Å². The molecule has 4 heteroatoms. The molecule has 0 radical (unpaired) electrons. The Balaban J connectivity index is 1.76. The van der Waals surface area contributed by atoms with Gasteiger partial charge in [0.25, 0.3) is 0 Å². The second-order valence-electron chi connectivity index (χ2n) is 5.13. The number of ether oxygens (including phenoxy) is 1. The Hall–Kier alpha value is -0.580. The summed E-state index contributed by atoms with van der Waals surface area (Å²) in [5.74, 6) is 0.289. The summed E-state index contributed by atoms with van der Waals surface area (Å²) in [6, 6.07) is 5.62. The van der Waals surface area contributed by atoms with Gasteiger partial charge in [-0.05, 0) is 58.3 Å². The molecule has 0 atom stereocenters. The minimum absolute atomic E-state index is 0.289. The molecule has 1 aromatic rings. The van der Waals surface area contributed by atoms with Crippen molar-refractivity contribution in [2.75, 3.05) is 20.3 Å². The number of phenols is 1. The summed E-state index contributed by atoms with van der Waals surface area (Å²) in [4.78, 5) is 0. The van der Waals surface area contributed by atoms with Crippen molar-refractivity contribution in [3.63, 3.8) is 0 Å². The number of aromatic hydroxyl groups is 1. The van der Waals surface area contributed by atoms with Gasteiger partial charge < -0.3 is 15.2 Å². The Morgan fingerprint density at radius 1 is 1.44 bits per heavy atom. The van der Waals surface area contributed by atoms with Gasteiger partial charge in [0.05, 0.1) is 4.47 Å². The number of rotatable bonds is 7. The molecular formula is C14H20BrNO2. The number of benzene rings is 1. The first kappa shape index (κ1) is 13.8. The maximum atomic E-state index is 9.42. The van der Waals surface area contributed by atoms with Crippen molar-refractivity contribution in [1.29, 1.82) is 0 Å². The van der Waals surface area contributed by atoms with E-state index >= 15 is 0 Å². The van der Waals surface area contributed by atoms with E-state index in [0.717, 1.165) is 30.6 Å². The van der Waals surface area contributed by atoms with Crippen LogP contribution in [0.2, 0.25) is 0 Å². The molecular weight excluding hydrogens is 294 g/mol. The van der Waals surface area contributed by atoms with Crippen LogP contribution >= 0.6 is 15.9 Å². The molecule has 0 amide bonds. The van der Waals surface area contributed by atoms with Crippen LogP contribution in [0.3, 0.4) is 0 Å². The highest BCUT2D eigenvalue weighted by atomic mass is 79.9. The summed E-state index contributed by atoms with van der Waals surface area (Å²) in [6.45, 7) is 2.74. The first-order valence-corrected chi connectivity index (χ1v) is 7.12. The van der Waals surface area contributed by atoms with E-state index in [1.807, 2.05) is 12.1 Å². The van der Waals surface area contributed by atoms with Crippen molar-refractivity contribution >= 4 is 15.9 Å². The molecule has 0 heterocycles. The lowest BCUT2D eigenvalue weighted by Crippen LogP contribution is -2.24. The molecule has 1 aromatic carbocycles. The zero-order chi connectivity index (χ0) is 13.0. The highest BCUT2D eigenvalue weighted by Gasteiger charge is 2.41. The molecule has 0 spiro atoms. The molecule has 2 rings (SSSR count). The average molecular weight is 314 g/mol. The van der Waals surface area contributed by atoms with Gasteiger partial charge in [-0.1, -0.05) is 6.07 Å². The zero-order valence-electron chi connectivity index (χ0n) is 10.7. The van der Waals surface area contributed by atoms with Crippen LogP contribution in [0.5, 0.6) is 5.75 Å². The Morgan fingerprint density at radius 2 is 2.22 bits per heavy atom. The van der Waals surface area contributed by atoms with Gasteiger partial charge in [0, 0.05) is 26.8 Å². The molecule has 18 heavy (non-hydrogen) atoms. The third-order valence-electron chi connectivity index (χ3n) is 3.63. The van der Waals surface area contributed by atoms with Crippen molar-refractivity contribution < 1.29 is 9.84 Å². The molecule has 1 saturated carbocycles. The molecule has 1 aliphatic carbocycles. The number of halogens is 1. The predicted octanol–water partition coefficient (Wildman–Crippen LogP) is 3.06. The normalized spacial score (nSPS) is 16.8. The number of hydrogen-bond acceptors (Lipinski definition) is 3. The zero-order valence-corrected chi connectivity index (χ0v) is 12.3. The third-order valence-corrected chi connectivity index (χ3v) is 4.27. The Morgan fingerprint density at radius 3 is 2.83 bits per heavy atom. The quantitative estimate of drug-likeness (QED) is 0.813. The first-order chi connectivity index (χ1) is 8.65. The molecule has 1 aliphatic rings. The van der Waals surface area contributed by atoms with Crippen molar-refractivity contribution in [2.45, 2.75) is 25.8 Å². The van der Waals surface area contributed by atoms with E-state index in [1.165, 1.54) is 18.4 Å². The van der Waals surface area contributed by atoms with Crippen LogP contribution in [-0.2, 0) is 11.3 Å². The minimum atomic E-state index is 0.289. The van der Waals surface area contributed by atoms with Crippen LogP contribution in [0.1, 0.15) is 24.8 Å². The molecule has 0 aromatic heterocycles. The van der Waals surface area contributed by atoms with E-state index in [-0.39, 0.29) is 5.75 Å². The molecule has 0 saturated heterocycles. The summed E-state index contributed by atoms with van der Waals surface area (Å²) in [5.41, 5.74) is 1.66. The Labute approximate surface area is 117 Å². The van der Waals surface area contributed by atoms with E-state index < -0.39 is 0 Å². The lowest BCUT2D eigenvalue weighted by molar-refractivity contribution is 0.171. The van der Waals surface area contributed by atoms with Crippen LogP contribution in [0.25, 0.3) is 0 Å². The Kier molecular flexibility index (Phi) is 4.65. The van der Waals surface area contributed by atoms with Crippen molar-refractivity contribution in [3.05, 3.63) is 28.2 Å². The molecule has 0 unspecified atom stereocenters. The number of methoxy groups -OCH3 is 1. The fourth-order valence-corrected chi connectivity index (χ4v) is 2.57. The molecule has 1 fully saturated rings. The molecule has 0 bridgehead atoms. The van der Waals surface area contributed by atoms with E-state index in [9.17, 15) is 5.11 Å². The lowest BCUT2D eigenvalue weighted by Gasteiger charge is -2.15. The van der Waals surface area contributed by atoms with Crippen LogP contribution in [0, 0.1) is 5.41 Å². The largest absolute Gasteiger partial charge is 0.507 e. The molecule has 0 aliphatic heterocycles. The summed E-state index contributed by atoms with van der Waals surface area (Å²) in [7, 11) is 1.76. The molecule has 3 nitrogen and oxygen atoms in total. The first-order valence-electron chi connectivity index (χ1n) is 6.32. The molecule has 2 N–H and O–H groups in total. The van der Waals surface area contributed by atoms with Gasteiger partial charge in [-0.3, -0.25) is 0 Å². The monoisotopic (exact) mass is 313 g/mol. The SMILES string of the molecule is COCCC1(CNCc2ccc(O)c(Br)c2)CC1. The maximum absolute atomic E-state index is 9.42. The summed E-state index contributed by atoms with van der Waals surface area (Å²) < 4.78 is 5.90. The van der Waals surface area contributed by atoms with Gasteiger partial charge in [0.2, 0.25) is 0 Å². The maximum Gasteiger partial charge on any atom is 0.129 e. The lowest BCUT2D eigenvalue weighted by atomic mass is 10.0. The van der Waals surface area contributed by atoms with E-state index in [1.54, 1.807) is 13.2 Å². The summed E-state index contributed by atoms with van der Waals surface area (Å²) >= 11 is 3.33. The van der Waals surface area contributed by atoms with Gasteiger partial charge in [-0.25, -0.2) is 0 Å². The summed E-state index contributed by atoms with van der Waals surface area (Å²) in [5, 5.41) is 12.9. The fraction of sp³-hybridized carbons (Fsp3) is 0.571. The predicted molar refractivity (Wildman–Crippen MR) is 75.7 cm³/mol. The molecule has 100 valence electrons. The van der Waals surface area contributed by atoms with Crippen LogP contribution < -0.4 is 5.32 Å². The second-order valence-corrected chi connectivity index (χ2v) is 5.99. The van der Waals surface area contributed by atoms with E-state index in [2.05, 4.69) is 21.2 Å². The minimum Gasteiger partial charge on any atom is -0.507 e. The third kappa shape index (κ3) is 3.70. The standard InChI is InChI=1S/C14H20BrNO2/c1-18-7-6-14(4-5-14)10-16-9-11-2-3-13(17)12(15)8-11/h2-3,8,16-17H,4-7,9-10H2,1H3. The van der Waals surface area contributed by atoms with Crippen molar-refractivity contribution in [2.24, 2.45) is 5.41 Å². The van der Waals surface area contributed by atoms with Gasteiger partial charge in [0.15, 0.2) is 0 Å². The number of phenolic OH excluding ortho intramolecular Hbond substituents is 1. The highest BCUT2D eigenvalue weighted by Crippen LogP contribution is 2.48. The van der Waals surface area contributed by atoms with Gasteiger partial charge in [0.1, 0.15) is 5.75 Å². The second kappa shape index (κ2) is 6.04. The average Bonchev–Trinajstić information content (AvgIpc) is 3.12. The van der Waals surface area contributed by atoms with Gasteiger partial charge in [-0.15, -0.1) is 0 Å². The number of hydrogen-bond donors (Lipinski definition) is 2. The van der Waals surface area contributed by atoms with Gasteiger partial charge in [-0.2, -0.15) is 0 Å². The van der Waals surface area contributed by atoms with Crippen LogP contribution in [0.4, 0.5) is 0 Å². The van der Waals surface area contributed by atoms with Gasteiger partial charge >= 0.3 is 0 Å². The van der Waals surface area contributed by atoms with E-state index in [0.29, 0.717) is 5.41 Å². The van der Waals surface area contributed by atoms with Crippen molar-refractivity contribution in [3.8, 4) is 5.75 Å². The number of nitrogens with one attached hydrogen (secondary N) is 1. The highest BCUT2D eigenvalue weighted by molar-refractivity contribution is 9.10. The summed E-state index contributed by atoms with van der Waals surface area (Å²) in [6.07, 6.45) is 3.76. The smallest absolute Gasteiger partial charge is 0.129 e. The topological polar surface area (TPSA) is 41.5 Å². The van der Waals surface area contributed by atoms with E-state index in [4.69, 9.17) is 4.74 Å². The van der Waals surface area contributed by atoms with Crippen LogP contribution in [-0.4, -0.2) is 25.4 Å². The van der Waals surface area contributed by atoms with Crippen molar-refractivity contribution in [1.82, 2.24) is 5.32 Å². The Bertz CT molecular complexity index is 405.